The summed E-state index contributed by atoms with van der Waals surface area (Å²) in [7, 11) is 0. The van der Waals surface area contributed by atoms with Crippen LogP contribution < -0.4 is 0 Å². The summed E-state index contributed by atoms with van der Waals surface area (Å²) in [6.45, 7) is 2.06. The molecule has 2 rings (SSSR count). The maximum absolute atomic E-state index is 13.2. The molecule has 0 saturated heterocycles. The van der Waals surface area contributed by atoms with Gasteiger partial charge in [-0.15, -0.1) is 11.8 Å². The number of nitrogens with zero attached hydrogens (tertiary/aromatic N) is 1. The minimum atomic E-state index is -0.222. The zero-order chi connectivity index (χ0) is 11.7. The van der Waals surface area contributed by atoms with Crippen LogP contribution in [0.3, 0.4) is 0 Å². The highest BCUT2D eigenvalue weighted by molar-refractivity contribution is 9.10. The lowest BCUT2D eigenvalue weighted by atomic mass is 10.2. The number of aromatic nitrogens is 1. The number of fused-ring (bicyclic) bond motifs is 1. The largest absolute Gasteiger partial charge is 0.252 e. The second-order valence-electron chi connectivity index (χ2n) is 3.42. The summed E-state index contributed by atoms with van der Waals surface area (Å²) in [5, 5.41) is 0.872. The van der Waals surface area contributed by atoms with Crippen LogP contribution >= 0.6 is 27.7 Å². The molecule has 1 nitrogen and oxygen atoms in total. The summed E-state index contributed by atoms with van der Waals surface area (Å²) in [4.78, 5) is 5.57. The Hall–Kier alpha value is -0.610. The fourth-order valence-corrected chi connectivity index (χ4v) is 3.41. The Bertz CT molecular complexity index is 542. The summed E-state index contributed by atoms with van der Waals surface area (Å²) in [5.74, 6) is -0.222. The molecule has 0 N–H and O–H groups in total. The third kappa shape index (κ3) is 1.96. The van der Waals surface area contributed by atoms with Gasteiger partial charge < -0.3 is 0 Å². The average molecular weight is 300 g/mol. The zero-order valence-corrected chi connectivity index (χ0v) is 11.5. The van der Waals surface area contributed by atoms with Gasteiger partial charge in [0.05, 0.1) is 15.7 Å². The number of hydrogen-bond donors (Lipinski definition) is 0. The molecule has 0 saturated carbocycles. The van der Waals surface area contributed by atoms with Crippen LogP contribution in [-0.4, -0.2) is 11.2 Å². The van der Waals surface area contributed by atoms with E-state index in [2.05, 4.69) is 27.8 Å². The van der Waals surface area contributed by atoms with Crippen molar-refractivity contribution in [1.29, 1.82) is 0 Å². The van der Waals surface area contributed by atoms with Crippen molar-refractivity contribution < 1.29 is 4.39 Å². The predicted octanol–water partition coefficient (Wildman–Crippen LogP) is 4.42. The van der Waals surface area contributed by atoms with E-state index in [0.717, 1.165) is 32.4 Å². The molecule has 1 aromatic carbocycles. The molecule has 0 bridgehead atoms. The molecule has 1 heterocycles. The van der Waals surface area contributed by atoms with Gasteiger partial charge in [0.1, 0.15) is 5.82 Å². The van der Waals surface area contributed by atoms with Gasteiger partial charge in [-0.05, 0) is 46.8 Å². The molecule has 0 aliphatic heterocycles. The van der Waals surface area contributed by atoms with Crippen LogP contribution in [0.2, 0.25) is 0 Å². The molecule has 0 spiro atoms. The molecular formula is C12H11BrFNS. The van der Waals surface area contributed by atoms with E-state index in [0.29, 0.717) is 0 Å². The van der Waals surface area contributed by atoms with Crippen LogP contribution in [0, 0.1) is 5.82 Å². The smallest absolute Gasteiger partial charge is 0.124 e. The predicted molar refractivity (Wildman–Crippen MR) is 70.6 cm³/mol. The minimum Gasteiger partial charge on any atom is -0.252 e. The molecule has 2 aromatic rings. The van der Waals surface area contributed by atoms with Crippen LogP contribution in [0.15, 0.2) is 27.6 Å². The quantitative estimate of drug-likeness (QED) is 0.761. The monoisotopic (exact) mass is 299 g/mol. The summed E-state index contributed by atoms with van der Waals surface area (Å²) in [6, 6.07) is 4.72. The van der Waals surface area contributed by atoms with Gasteiger partial charge in [-0.2, -0.15) is 0 Å². The molecule has 16 heavy (non-hydrogen) atoms. The second-order valence-corrected chi connectivity index (χ2v) is 5.03. The normalized spacial score (nSPS) is 11.0. The van der Waals surface area contributed by atoms with E-state index in [1.807, 2.05) is 6.26 Å². The first kappa shape index (κ1) is 11.9. The van der Waals surface area contributed by atoms with Crippen LogP contribution in [0.1, 0.15) is 12.6 Å². The second kappa shape index (κ2) is 4.72. The lowest BCUT2D eigenvalue weighted by Crippen LogP contribution is -1.94. The van der Waals surface area contributed by atoms with Gasteiger partial charge in [-0.3, -0.25) is 4.98 Å². The average Bonchev–Trinajstić information content (AvgIpc) is 2.28. The van der Waals surface area contributed by atoms with E-state index in [-0.39, 0.29) is 5.82 Å². The van der Waals surface area contributed by atoms with Gasteiger partial charge in [0.25, 0.3) is 0 Å². The Balaban J connectivity index is 2.84. The molecule has 1 aromatic heterocycles. The van der Waals surface area contributed by atoms with E-state index in [4.69, 9.17) is 0 Å². The highest BCUT2D eigenvalue weighted by Gasteiger charge is 2.11. The fourth-order valence-electron chi connectivity index (χ4n) is 1.67. The fraction of sp³-hybridized carbons (Fsp3) is 0.250. The van der Waals surface area contributed by atoms with Crippen LogP contribution in [0.4, 0.5) is 4.39 Å². The molecule has 0 unspecified atom stereocenters. The topological polar surface area (TPSA) is 12.9 Å². The summed E-state index contributed by atoms with van der Waals surface area (Å²) in [5.41, 5.74) is 1.87. The van der Waals surface area contributed by atoms with Gasteiger partial charge in [0, 0.05) is 10.3 Å². The number of pyridine rings is 1. The van der Waals surface area contributed by atoms with Crippen molar-refractivity contribution in [2.75, 3.05) is 6.26 Å². The van der Waals surface area contributed by atoms with Crippen molar-refractivity contribution in [3.05, 3.63) is 34.2 Å². The maximum Gasteiger partial charge on any atom is 0.124 e. The highest BCUT2D eigenvalue weighted by atomic mass is 79.9. The van der Waals surface area contributed by atoms with Crippen molar-refractivity contribution >= 4 is 38.6 Å². The summed E-state index contributed by atoms with van der Waals surface area (Å²) in [6.07, 6.45) is 2.85. The standard InChI is InChI=1S/C12H11BrFNS/c1-3-9-11(13)12(16-2)8-6-7(14)4-5-10(8)15-9/h4-6H,3H2,1-2H3. The van der Waals surface area contributed by atoms with E-state index in [9.17, 15) is 4.39 Å². The molecular weight excluding hydrogens is 289 g/mol. The Morgan fingerprint density at radius 3 is 2.81 bits per heavy atom. The Kier molecular flexibility index (Phi) is 3.50. The number of rotatable bonds is 2. The first-order valence-corrected chi connectivity index (χ1v) is 7.00. The third-order valence-electron chi connectivity index (χ3n) is 2.45. The van der Waals surface area contributed by atoms with Gasteiger partial charge in [0.15, 0.2) is 0 Å². The molecule has 0 aliphatic rings. The van der Waals surface area contributed by atoms with E-state index in [1.165, 1.54) is 6.07 Å². The summed E-state index contributed by atoms with van der Waals surface area (Å²) >= 11 is 5.15. The number of aryl methyl sites for hydroxylation is 1. The van der Waals surface area contributed by atoms with E-state index < -0.39 is 0 Å². The zero-order valence-electron chi connectivity index (χ0n) is 9.05. The van der Waals surface area contributed by atoms with Crippen molar-refractivity contribution in [1.82, 2.24) is 4.98 Å². The van der Waals surface area contributed by atoms with E-state index in [1.54, 1.807) is 23.9 Å². The minimum absolute atomic E-state index is 0.222. The SMILES string of the molecule is CCc1nc2ccc(F)cc2c(SC)c1Br. The van der Waals surface area contributed by atoms with Gasteiger partial charge in [0.2, 0.25) is 0 Å². The molecule has 0 radical (unpaired) electrons. The first-order valence-electron chi connectivity index (χ1n) is 4.99. The van der Waals surface area contributed by atoms with Crippen molar-refractivity contribution in [3.8, 4) is 0 Å². The van der Waals surface area contributed by atoms with E-state index >= 15 is 0 Å². The lowest BCUT2D eigenvalue weighted by molar-refractivity contribution is 0.629. The van der Waals surface area contributed by atoms with Gasteiger partial charge >= 0.3 is 0 Å². The van der Waals surface area contributed by atoms with Crippen LogP contribution in [0.25, 0.3) is 10.9 Å². The number of halogens is 2. The first-order chi connectivity index (χ1) is 7.67. The lowest BCUT2D eigenvalue weighted by Gasteiger charge is -2.10. The third-order valence-corrected chi connectivity index (χ3v) is 4.40. The van der Waals surface area contributed by atoms with Crippen LogP contribution in [-0.2, 0) is 6.42 Å². The van der Waals surface area contributed by atoms with Crippen molar-refractivity contribution in [2.45, 2.75) is 18.2 Å². The van der Waals surface area contributed by atoms with Crippen LogP contribution in [0.5, 0.6) is 0 Å². The number of thioether (sulfide) groups is 1. The molecule has 84 valence electrons. The molecule has 0 atom stereocenters. The Labute approximate surface area is 107 Å². The van der Waals surface area contributed by atoms with Crippen molar-refractivity contribution in [2.24, 2.45) is 0 Å². The Morgan fingerprint density at radius 2 is 2.19 bits per heavy atom. The Morgan fingerprint density at radius 1 is 1.44 bits per heavy atom. The van der Waals surface area contributed by atoms with Gasteiger partial charge in [-0.1, -0.05) is 6.92 Å². The molecule has 0 aliphatic carbocycles. The van der Waals surface area contributed by atoms with Crippen molar-refractivity contribution in [3.63, 3.8) is 0 Å². The number of hydrogen-bond acceptors (Lipinski definition) is 2. The molecule has 0 amide bonds. The highest BCUT2D eigenvalue weighted by Crippen LogP contribution is 2.35. The maximum atomic E-state index is 13.2. The summed E-state index contributed by atoms with van der Waals surface area (Å²) < 4.78 is 14.2. The van der Waals surface area contributed by atoms with Gasteiger partial charge in [-0.25, -0.2) is 4.39 Å². The molecule has 4 heteroatoms. The molecule has 0 fully saturated rings. The number of benzene rings is 1.